The number of rotatable bonds is 0. The molecule has 0 atom stereocenters. The number of aromatic nitrogens is 1. The lowest BCUT2D eigenvalue weighted by Gasteiger charge is -2.14. The first-order chi connectivity index (χ1) is 8.90. The summed E-state index contributed by atoms with van der Waals surface area (Å²) in [6, 6.07) is 3.80. The molecule has 19 heavy (non-hydrogen) atoms. The van der Waals surface area contributed by atoms with Gasteiger partial charge in [0.25, 0.3) is 0 Å². The fourth-order valence-electron chi connectivity index (χ4n) is 1.34. The molecule has 0 saturated carbocycles. The number of thiophene rings is 1. The van der Waals surface area contributed by atoms with Crippen molar-refractivity contribution in [3.8, 4) is 17.9 Å². The molecule has 0 fully saturated rings. The zero-order chi connectivity index (χ0) is 14.0. The van der Waals surface area contributed by atoms with Gasteiger partial charge in [-0.1, -0.05) is 38.3 Å². The van der Waals surface area contributed by atoms with Crippen molar-refractivity contribution >= 4 is 22.9 Å². The van der Waals surface area contributed by atoms with Crippen molar-refractivity contribution in [3.05, 3.63) is 38.7 Å². The Labute approximate surface area is 120 Å². The molecular weight excluding hydrogens is 280 g/mol. The summed E-state index contributed by atoms with van der Waals surface area (Å²) in [4.78, 5) is 4.93. The highest BCUT2D eigenvalue weighted by molar-refractivity contribution is 7.16. The van der Waals surface area contributed by atoms with E-state index in [1.807, 2.05) is 12.1 Å². The second kappa shape index (κ2) is 5.09. The second-order valence-corrected chi connectivity index (χ2v) is 6.59. The summed E-state index contributed by atoms with van der Waals surface area (Å²) in [7, 11) is 0. The first-order valence-corrected chi connectivity index (χ1v) is 6.77. The molecule has 2 aromatic rings. The highest BCUT2D eigenvalue weighted by Crippen LogP contribution is 2.35. The Kier molecular flexibility index (Phi) is 3.66. The van der Waals surface area contributed by atoms with Crippen molar-refractivity contribution in [2.75, 3.05) is 0 Å². The third-order valence-electron chi connectivity index (χ3n) is 2.35. The van der Waals surface area contributed by atoms with E-state index in [9.17, 15) is 0 Å². The van der Waals surface area contributed by atoms with Crippen LogP contribution in [0.2, 0.25) is 4.34 Å². The maximum Gasteiger partial charge on any atom is 0.301 e. The van der Waals surface area contributed by atoms with Gasteiger partial charge in [-0.05, 0) is 17.4 Å². The number of nitriles is 1. The summed E-state index contributed by atoms with van der Waals surface area (Å²) in [5.74, 6) is 6.13. The Morgan fingerprint density at radius 3 is 2.63 bits per heavy atom. The van der Waals surface area contributed by atoms with Gasteiger partial charge in [0.15, 0.2) is 11.8 Å². The molecule has 0 aliphatic heterocycles. The van der Waals surface area contributed by atoms with Crippen LogP contribution < -0.4 is 0 Å². The highest BCUT2D eigenvalue weighted by Gasteiger charge is 2.18. The van der Waals surface area contributed by atoms with E-state index in [0.717, 1.165) is 5.56 Å². The van der Waals surface area contributed by atoms with Gasteiger partial charge in [-0.2, -0.15) is 5.26 Å². The smallest absolute Gasteiger partial charge is 0.301 e. The van der Waals surface area contributed by atoms with Gasteiger partial charge in [-0.25, -0.2) is 4.98 Å². The Balaban J connectivity index is 2.30. The van der Waals surface area contributed by atoms with Crippen molar-refractivity contribution in [3.63, 3.8) is 0 Å². The lowest BCUT2D eigenvalue weighted by atomic mass is 9.94. The zero-order valence-electron chi connectivity index (χ0n) is 10.7. The van der Waals surface area contributed by atoms with E-state index in [4.69, 9.17) is 21.3 Å². The van der Waals surface area contributed by atoms with Gasteiger partial charge in [-0.15, -0.1) is 11.3 Å². The van der Waals surface area contributed by atoms with Crippen molar-refractivity contribution < 1.29 is 4.42 Å². The number of hydrogen-bond acceptors (Lipinski definition) is 4. The summed E-state index contributed by atoms with van der Waals surface area (Å²) in [5.41, 5.74) is 0.820. The molecule has 0 unspecified atom stereocenters. The fourth-order valence-corrected chi connectivity index (χ4v) is 2.58. The van der Waals surface area contributed by atoms with Crippen LogP contribution in [0, 0.1) is 23.2 Å². The Hall–Kier alpha value is -1.75. The van der Waals surface area contributed by atoms with E-state index in [1.54, 1.807) is 0 Å². The molecule has 0 radical (unpaired) electrons. The average molecular weight is 291 g/mol. The second-order valence-electron chi connectivity index (χ2n) is 4.94. The van der Waals surface area contributed by atoms with Crippen LogP contribution in [-0.2, 0) is 5.41 Å². The normalized spacial score (nSPS) is 10.7. The zero-order valence-corrected chi connectivity index (χ0v) is 12.3. The summed E-state index contributed by atoms with van der Waals surface area (Å²) in [6.45, 7) is 6.38. The third kappa shape index (κ3) is 3.17. The van der Waals surface area contributed by atoms with Crippen LogP contribution in [-0.4, -0.2) is 4.98 Å². The van der Waals surface area contributed by atoms with E-state index in [0.29, 0.717) is 10.1 Å². The highest BCUT2D eigenvalue weighted by atomic mass is 35.5. The molecule has 2 rings (SSSR count). The molecule has 0 aliphatic carbocycles. The summed E-state index contributed by atoms with van der Waals surface area (Å²) in [5, 5.41) is 8.60. The van der Waals surface area contributed by atoms with Crippen LogP contribution in [0.4, 0.5) is 0 Å². The molecule has 0 N–H and O–H groups in total. The lowest BCUT2D eigenvalue weighted by molar-refractivity contribution is 0.530. The summed E-state index contributed by atoms with van der Waals surface area (Å²) >= 11 is 7.70. The number of oxazole rings is 1. The average Bonchev–Trinajstić information content (AvgIpc) is 2.92. The Bertz CT molecular complexity index is 704. The van der Waals surface area contributed by atoms with Gasteiger partial charge < -0.3 is 4.42 Å². The molecule has 2 heterocycles. The minimum atomic E-state index is 0.0103. The van der Waals surface area contributed by atoms with Crippen LogP contribution >= 0.6 is 22.9 Å². The number of hydrogen-bond donors (Lipinski definition) is 0. The lowest BCUT2D eigenvalue weighted by Crippen LogP contribution is -2.07. The van der Waals surface area contributed by atoms with Crippen molar-refractivity contribution in [1.29, 1.82) is 5.26 Å². The van der Waals surface area contributed by atoms with Gasteiger partial charge in [0.1, 0.15) is 4.34 Å². The van der Waals surface area contributed by atoms with E-state index >= 15 is 0 Å². The Morgan fingerprint density at radius 2 is 2.11 bits per heavy atom. The van der Waals surface area contributed by atoms with E-state index in [-0.39, 0.29) is 11.3 Å². The van der Waals surface area contributed by atoms with Gasteiger partial charge in [-0.3, -0.25) is 0 Å². The molecule has 0 bridgehead atoms. The quantitative estimate of drug-likeness (QED) is 0.690. The number of nitrogens with zero attached hydrogens (tertiary/aromatic N) is 2. The van der Waals surface area contributed by atoms with E-state index < -0.39 is 0 Å². The van der Waals surface area contributed by atoms with Crippen LogP contribution in [0.15, 0.2) is 16.7 Å². The summed E-state index contributed by atoms with van der Waals surface area (Å²) in [6.07, 6.45) is 1.43. The van der Waals surface area contributed by atoms with Crippen molar-refractivity contribution in [2.24, 2.45) is 0 Å². The topological polar surface area (TPSA) is 49.8 Å². The van der Waals surface area contributed by atoms with Gasteiger partial charge in [0.05, 0.1) is 11.8 Å². The van der Waals surface area contributed by atoms with Crippen LogP contribution in [0.25, 0.3) is 0 Å². The molecule has 2 aromatic heterocycles. The molecular formula is C14H11ClN2OS. The maximum atomic E-state index is 8.60. The van der Waals surface area contributed by atoms with Gasteiger partial charge in [0.2, 0.25) is 0 Å². The van der Waals surface area contributed by atoms with E-state index in [1.165, 1.54) is 22.4 Å². The molecule has 96 valence electrons. The summed E-state index contributed by atoms with van der Waals surface area (Å²) < 4.78 is 5.75. The van der Waals surface area contributed by atoms with Crippen molar-refractivity contribution in [1.82, 2.24) is 4.98 Å². The SMILES string of the molecule is CC(C)(C)c1cc(C#Cc2cnc(C#N)o2)c(Cl)s1. The first kappa shape index (κ1) is 13.7. The van der Waals surface area contributed by atoms with Gasteiger partial charge in [0, 0.05) is 4.88 Å². The third-order valence-corrected chi connectivity index (χ3v) is 4.13. The minimum Gasteiger partial charge on any atom is -0.420 e. The fraction of sp³-hybridized carbons (Fsp3) is 0.286. The largest absolute Gasteiger partial charge is 0.420 e. The predicted molar refractivity (Wildman–Crippen MR) is 75.2 cm³/mol. The standard InChI is InChI=1S/C14H11ClN2OS/c1-14(2,3)11-6-9(13(15)19-11)4-5-10-8-17-12(7-16)18-10/h6,8H,1-3H3. The minimum absolute atomic E-state index is 0.0103. The molecule has 0 saturated heterocycles. The van der Waals surface area contributed by atoms with Gasteiger partial charge >= 0.3 is 5.89 Å². The maximum absolute atomic E-state index is 8.60. The Morgan fingerprint density at radius 1 is 1.37 bits per heavy atom. The monoisotopic (exact) mass is 290 g/mol. The molecule has 0 amide bonds. The van der Waals surface area contributed by atoms with Crippen molar-refractivity contribution in [2.45, 2.75) is 26.2 Å². The molecule has 0 aromatic carbocycles. The molecule has 0 aliphatic rings. The predicted octanol–water partition coefficient (Wildman–Crippen LogP) is 3.96. The van der Waals surface area contributed by atoms with Crippen LogP contribution in [0.5, 0.6) is 0 Å². The number of halogens is 1. The van der Waals surface area contributed by atoms with Crippen LogP contribution in [0.3, 0.4) is 0 Å². The molecule has 0 spiro atoms. The first-order valence-electron chi connectivity index (χ1n) is 5.58. The van der Waals surface area contributed by atoms with Crippen LogP contribution in [0.1, 0.15) is 42.9 Å². The van der Waals surface area contributed by atoms with E-state index in [2.05, 4.69) is 37.6 Å². The molecule has 5 heteroatoms. The molecule has 3 nitrogen and oxygen atoms in total.